The molecule has 0 radical (unpaired) electrons. The summed E-state index contributed by atoms with van der Waals surface area (Å²) in [5.41, 5.74) is 0.538. The van der Waals surface area contributed by atoms with Gasteiger partial charge in [0, 0.05) is 5.56 Å². The molecule has 1 atom stereocenters. The van der Waals surface area contributed by atoms with Crippen LogP contribution in [0.25, 0.3) is 0 Å². The van der Waals surface area contributed by atoms with Gasteiger partial charge in [-0.15, -0.1) is 0 Å². The Kier molecular flexibility index (Phi) is 3.27. The molecule has 0 aliphatic rings. The zero-order valence-corrected chi connectivity index (χ0v) is 9.53. The average Bonchev–Trinajstić information content (AvgIpc) is 2.82. The molecule has 3 nitrogen and oxygen atoms in total. The number of pyridine rings is 1. The van der Waals surface area contributed by atoms with Crippen LogP contribution in [-0.2, 0) is 6.18 Å². The van der Waals surface area contributed by atoms with E-state index in [-0.39, 0.29) is 6.04 Å². The highest BCUT2D eigenvalue weighted by atomic mass is 19.4. The Hall–Kier alpha value is -1.98. The van der Waals surface area contributed by atoms with Crippen molar-refractivity contribution in [1.82, 2.24) is 4.98 Å². The average molecular weight is 256 g/mol. The number of alkyl halides is 3. The summed E-state index contributed by atoms with van der Waals surface area (Å²) < 4.78 is 41.9. The summed E-state index contributed by atoms with van der Waals surface area (Å²) in [6.45, 7) is 1.88. The van der Waals surface area contributed by atoms with Gasteiger partial charge < -0.3 is 9.73 Å². The topological polar surface area (TPSA) is 38.1 Å². The predicted molar refractivity (Wildman–Crippen MR) is 60.0 cm³/mol. The van der Waals surface area contributed by atoms with Gasteiger partial charge in [0.25, 0.3) is 0 Å². The van der Waals surface area contributed by atoms with Gasteiger partial charge in [-0.1, -0.05) is 0 Å². The van der Waals surface area contributed by atoms with Gasteiger partial charge in [0.2, 0.25) is 0 Å². The SMILES string of the molecule is CC(Nc1ccc(C(F)(F)F)nc1)c1ccoc1. The number of hydrogen-bond donors (Lipinski definition) is 1. The zero-order valence-electron chi connectivity index (χ0n) is 9.53. The Morgan fingerprint density at radius 1 is 1.28 bits per heavy atom. The third kappa shape index (κ3) is 2.82. The van der Waals surface area contributed by atoms with Crippen molar-refractivity contribution in [3.05, 3.63) is 48.2 Å². The van der Waals surface area contributed by atoms with Crippen LogP contribution in [0.4, 0.5) is 18.9 Å². The normalized spacial score (nSPS) is 13.3. The highest BCUT2D eigenvalue weighted by Gasteiger charge is 2.32. The molecular weight excluding hydrogens is 245 g/mol. The molecule has 2 heterocycles. The Bertz CT molecular complexity index is 491. The summed E-state index contributed by atoms with van der Waals surface area (Å²) in [7, 11) is 0. The molecule has 0 amide bonds. The second-order valence-corrected chi connectivity index (χ2v) is 3.85. The van der Waals surface area contributed by atoms with Crippen molar-refractivity contribution in [3.63, 3.8) is 0 Å². The molecule has 2 rings (SSSR count). The maximum absolute atomic E-state index is 12.3. The number of hydrogen-bond acceptors (Lipinski definition) is 3. The lowest BCUT2D eigenvalue weighted by Gasteiger charge is -2.13. The van der Waals surface area contributed by atoms with Gasteiger partial charge in [-0.05, 0) is 25.1 Å². The smallest absolute Gasteiger partial charge is 0.433 e. The maximum Gasteiger partial charge on any atom is 0.433 e. The van der Waals surface area contributed by atoms with Crippen molar-refractivity contribution < 1.29 is 17.6 Å². The van der Waals surface area contributed by atoms with Crippen LogP contribution < -0.4 is 5.32 Å². The Morgan fingerprint density at radius 2 is 2.06 bits per heavy atom. The van der Waals surface area contributed by atoms with Crippen molar-refractivity contribution >= 4 is 5.69 Å². The fourth-order valence-electron chi connectivity index (χ4n) is 1.50. The van der Waals surface area contributed by atoms with Crippen LogP contribution in [0.5, 0.6) is 0 Å². The Balaban J connectivity index is 2.07. The Morgan fingerprint density at radius 3 is 2.56 bits per heavy atom. The van der Waals surface area contributed by atoms with E-state index in [1.165, 1.54) is 12.3 Å². The summed E-state index contributed by atoms with van der Waals surface area (Å²) >= 11 is 0. The van der Waals surface area contributed by atoms with Crippen molar-refractivity contribution in [1.29, 1.82) is 0 Å². The molecule has 1 N–H and O–H groups in total. The van der Waals surface area contributed by atoms with Crippen LogP contribution >= 0.6 is 0 Å². The minimum atomic E-state index is -4.41. The second-order valence-electron chi connectivity index (χ2n) is 3.85. The van der Waals surface area contributed by atoms with E-state index in [4.69, 9.17) is 4.42 Å². The fourth-order valence-corrected chi connectivity index (χ4v) is 1.50. The third-order valence-corrected chi connectivity index (χ3v) is 2.48. The van der Waals surface area contributed by atoms with E-state index in [0.29, 0.717) is 5.69 Å². The molecule has 0 spiro atoms. The van der Waals surface area contributed by atoms with E-state index in [0.717, 1.165) is 11.6 Å². The van der Waals surface area contributed by atoms with E-state index in [2.05, 4.69) is 10.3 Å². The first-order valence-electron chi connectivity index (χ1n) is 5.28. The molecule has 2 aromatic rings. The second kappa shape index (κ2) is 4.72. The van der Waals surface area contributed by atoms with Gasteiger partial charge in [0.1, 0.15) is 5.69 Å². The van der Waals surface area contributed by atoms with Gasteiger partial charge in [0.05, 0.1) is 30.5 Å². The van der Waals surface area contributed by atoms with Crippen molar-refractivity contribution in [2.75, 3.05) is 5.32 Å². The minimum absolute atomic E-state index is 0.0673. The molecule has 0 saturated heterocycles. The molecule has 0 aromatic carbocycles. The van der Waals surface area contributed by atoms with Crippen LogP contribution in [0.2, 0.25) is 0 Å². The van der Waals surface area contributed by atoms with Gasteiger partial charge >= 0.3 is 6.18 Å². The summed E-state index contributed by atoms with van der Waals surface area (Å²) in [6.07, 6.45) is -0.123. The predicted octanol–water partition coefficient (Wildman–Crippen LogP) is 3.87. The lowest BCUT2D eigenvalue weighted by Crippen LogP contribution is -2.09. The first-order chi connectivity index (χ1) is 8.47. The molecule has 18 heavy (non-hydrogen) atoms. The van der Waals surface area contributed by atoms with Gasteiger partial charge in [-0.3, -0.25) is 0 Å². The largest absolute Gasteiger partial charge is 0.472 e. The third-order valence-electron chi connectivity index (χ3n) is 2.48. The molecule has 1 unspecified atom stereocenters. The highest BCUT2D eigenvalue weighted by molar-refractivity contribution is 5.43. The lowest BCUT2D eigenvalue weighted by atomic mass is 10.2. The van der Waals surface area contributed by atoms with E-state index in [1.54, 1.807) is 18.6 Å². The monoisotopic (exact) mass is 256 g/mol. The molecule has 0 aliphatic carbocycles. The molecule has 0 aliphatic heterocycles. The van der Waals surface area contributed by atoms with Crippen molar-refractivity contribution in [3.8, 4) is 0 Å². The molecule has 0 bridgehead atoms. The van der Waals surface area contributed by atoms with E-state index in [1.807, 2.05) is 6.92 Å². The number of aromatic nitrogens is 1. The fraction of sp³-hybridized carbons (Fsp3) is 0.250. The van der Waals surface area contributed by atoms with E-state index >= 15 is 0 Å². The number of furan rings is 1. The summed E-state index contributed by atoms with van der Waals surface area (Å²) in [5, 5.41) is 3.03. The molecule has 0 fully saturated rings. The highest BCUT2D eigenvalue weighted by Crippen LogP contribution is 2.28. The quantitative estimate of drug-likeness (QED) is 0.905. The van der Waals surface area contributed by atoms with Gasteiger partial charge in [-0.25, -0.2) is 4.98 Å². The zero-order chi connectivity index (χ0) is 13.2. The first kappa shape index (κ1) is 12.5. The van der Waals surface area contributed by atoms with Crippen LogP contribution in [-0.4, -0.2) is 4.98 Å². The first-order valence-corrected chi connectivity index (χ1v) is 5.28. The standard InChI is InChI=1S/C12H11F3N2O/c1-8(9-4-5-18-7-9)17-10-2-3-11(16-6-10)12(13,14)15/h2-8,17H,1H3. The summed E-state index contributed by atoms with van der Waals surface area (Å²) in [6, 6.07) is 4.02. The number of anilines is 1. The summed E-state index contributed by atoms with van der Waals surface area (Å²) in [5.74, 6) is 0. The Labute approximate surface area is 102 Å². The van der Waals surface area contributed by atoms with Gasteiger partial charge in [-0.2, -0.15) is 13.2 Å². The molecule has 96 valence electrons. The summed E-state index contributed by atoms with van der Waals surface area (Å²) in [4.78, 5) is 3.37. The number of nitrogens with one attached hydrogen (secondary N) is 1. The lowest BCUT2D eigenvalue weighted by molar-refractivity contribution is -0.141. The number of halogens is 3. The number of nitrogens with zero attached hydrogens (tertiary/aromatic N) is 1. The van der Waals surface area contributed by atoms with Crippen LogP contribution in [0.15, 0.2) is 41.3 Å². The van der Waals surface area contributed by atoms with Gasteiger partial charge in [0.15, 0.2) is 0 Å². The van der Waals surface area contributed by atoms with E-state index < -0.39 is 11.9 Å². The number of rotatable bonds is 3. The van der Waals surface area contributed by atoms with Crippen LogP contribution in [0, 0.1) is 0 Å². The maximum atomic E-state index is 12.3. The molecular formula is C12H11F3N2O. The molecule has 2 aromatic heterocycles. The minimum Gasteiger partial charge on any atom is -0.472 e. The van der Waals surface area contributed by atoms with Crippen molar-refractivity contribution in [2.24, 2.45) is 0 Å². The van der Waals surface area contributed by atoms with Crippen molar-refractivity contribution in [2.45, 2.75) is 19.1 Å². The molecule has 0 saturated carbocycles. The molecule has 6 heteroatoms. The van der Waals surface area contributed by atoms with E-state index in [9.17, 15) is 13.2 Å². The van der Waals surface area contributed by atoms with Crippen LogP contribution in [0.3, 0.4) is 0 Å². The van der Waals surface area contributed by atoms with Crippen LogP contribution in [0.1, 0.15) is 24.2 Å².